The Morgan fingerprint density at radius 1 is 1.06 bits per heavy atom. The smallest absolute Gasteiger partial charge is 0.257 e. The van der Waals surface area contributed by atoms with Crippen molar-refractivity contribution in [3.63, 3.8) is 0 Å². The number of hydrogen-bond acceptors (Lipinski definition) is 6. The highest BCUT2D eigenvalue weighted by Gasteiger charge is 2.44. The average Bonchev–Trinajstić information content (AvgIpc) is 3.18. The molecule has 0 saturated carbocycles. The highest BCUT2D eigenvalue weighted by molar-refractivity contribution is 8.00. The fourth-order valence-corrected chi connectivity index (χ4v) is 5.19. The Hall–Kier alpha value is -3.96. The number of anilines is 1. The second-order valence-electron chi connectivity index (χ2n) is 8.66. The van der Waals surface area contributed by atoms with Gasteiger partial charge in [0.25, 0.3) is 5.91 Å². The lowest BCUT2D eigenvalue weighted by Crippen LogP contribution is -2.45. The number of benzene rings is 2. The summed E-state index contributed by atoms with van der Waals surface area (Å²) in [4.78, 5) is 47.0. The topological polar surface area (TPSA) is 94.4 Å². The Morgan fingerprint density at radius 2 is 1.69 bits per heavy atom. The summed E-state index contributed by atoms with van der Waals surface area (Å²) in [7, 11) is 0. The highest BCUT2D eigenvalue weighted by Crippen LogP contribution is 2.30. The number of rotatable bonds is 7. The first-order valence-electron chi connectivity index (χ1n) is 11.6. The van der Waals surface area contributed by atoms with E-state index in [4.69, 9.17) is 0 Å². The van der Waals surface area contributed by atoms with Crippen molar-refractivity contribution in [3.05, 3.63) is 88.6 Å². The van der Waals surface area contributed by atoms with Gasteiger partial charge in [-0.1, -0.05) is 60.3 Å². The van der Waals surface area contributed by atoms with Crippen LogP contribution in [0.5, 0.6) is 0 Å². The molecule has 0 spiro atoms. The van der Waals surface area contributed by atoms with Crippen LogP contribution in [-0.2, 0) is 20.9 Å². The maximum Gasteiger partial charge on any atom is 0.257 e. The van der Waals surface area contributed by atoms with E-state index < -0.39 is 11.9 Å². The lowest BCUT2D eigenvalue weighted by molar-refractivity contribution is -0.136. The second kappa shape index (κ2) is 10.8. The van der Waals surface area contributed by atoms with E-state index in [1.807, 2.05) is 57.2 Å². The molecule has 4 rings (SSSR count). The van der Waals surface area contributed by atoms with Gasteiger partial charge in [-0.2, -0.15) is 5.26 Å². The minimum Gasteiger partial charge on any atom is -0.325 e. The van der Waals surface area contributed by atoms with E-state index in [2.05, 4.69) is 11.1 Å². The molecule has 1 saturated heterocycles. The summed E-state index contributed by atoms with van der Waals surface area (Å²) >= 11 is 1.18. The number of amides is 3. The number of hydrogen-bond donors (Lipinski definition) is 0. The van der Waals surface area contributed by atoms with Gasteiger partial charge < -0.3 is 4.90 Å². The number of aromatic nitrogens is 1. The Morgan fingerprint density at radius 3 is 2.33 bits per heavy atom. The van der Waals surface area contributed by atoms with Crippen molar-refractivity contribution in [1.82, 2.24) is 9.88 Å². The summed E-state index contributed by atoms with van der Waals surface area (Å²) in [5.41, 5.74) is 4.39. The molecule has 182 valence electrons. The van der Waals surface area contributed by atoms with Crippen molar-refractivity contribution in [3.8, 4) is 6.07 Å². The van der Waals surface area contributed by atoms with E-state index in [0.717, 1.165) is 27.3 Å². The number of nitriles is 1. The van der Waals surface area contributed by atoms with E-state index in [9.17, 15) is 19.6 Å². The average molecular weight is 499 g/mol. The number of nitrogens with zero attached hydrogens (tertiary/aromatic N) is 4. The molecular formula is C28H26N4O3S. The molecule has 3 amide bonds. The molecule has 36 heavy (non-hydrogen) atoms. The number of thioether (sulfide) groups is 1. The van der Waals surface area contributed by atoms with Crippen LogP contribution in [0.3, 0.4) is 0 Å². The van der Waals surface area contributed by atoms with Gasteiger partial charge in [0.15, 0.2) is 0 Å². The van der Waals surface area contributed by atoms with E-state index in [1.165, 1.54) is 16.7 Å². The molecule has 1 atom stereocenters. The fourth-order valence-electron chi connectivity index (χ4n) is 4.22. The summed E-state index contributed by atoms with van der Waals surface area (Å²) in [6.45, 7) is 5.85. The first-order valence-corrected chi connectivity index (χ1v) is 12.6. The Kier molecular flexibility index (Phi) is 7.51. The zero-order valence-electron chi connectivity index (χ0n) is 20.4. The number of para-hydroxylation sites is 1. The maximum absolute atomic E-state index is 13.6. The molecule has 2 aromatic carbocycles. The minimum atomic E-state index is -0.907. The number of pyridine rings is 1. The first kappa shape index (κ1) is 25.1. The molecule has 0 bridgehead atoms. The molecule has 3 aromatic rings. The molecule has 1 fully saturated rings. The van der Waals surface area contributed by atoms with Crippen molar-refractivity contribution < 1.29 is 14.4 Å². The molecule has 1 unspecified atom stereocenters. The van der Waals surface area contributed by atoms with Gasteiger partial charge in [0, 0.05) is 12.2 Å². The fraction of sp³-hybridized carbons (Fsp3) is 0.250. The van der Waals surface area contributed by atoms with Crippen LogP contribution in [0.25, 0.3) is 0 Å². The molecule has 1 aliphatic rings. The zero-order chi connectivity index (χ0) is 25.8. The van der Waals surface area contributed by atoms with Gasteiger partial charge in [0.05, 0.1) is 23.4 Å². The van der Waals surface area contributed by atoms with Crippen LogP contribution >= 0.6 is 11.8 Å². The highest BCUT2D eigenvalue weighted by atomic mass is 32.2. The SMILES string of the molecule is Cc1nc(SCC(=O)N(Cc2ccccc2)C2CC(=O)N(c3ccccc3)C2=O)c(C#N)c(C)c1C. The molecule has 7 nitrogen and oxygen atoms in total. The van der Waals surface area contributed by atoms with Crippen molar-refractivity contribution in [2.45, 2.75) is 44.8 Å². The second-order valence-corrected chi connectivity index (χ2v) is 9.62. The van der Waals surface area contributed by atoms with Crippen LogP contribution in [0.4, 0.5) is 5.69 Å². The third-order valence-corrected chi connectivity index (χ3v) is 7.40. The lowest BCUT2D eigenvalue weighted by Gasteiger charge is -2.28. The minimum absolute atomic E-state index is 0.0141. The maximum atomic E-state index is 13.6. The van der Waals surface area contributed by atoms with Crippen LogP contribution in [0.15, 0.2) is 65.7 Å². The summed E-state index contributed by atoms with van der Waals surface area (Å²) in [5, 5.41) is 10.2. The summed E-state index contributed by atoms with van der Waals surface area (Å²) in [6, 6.07) is 19.4. The van der Waals surface area contributed by atoms with Crippen LogP contribution in [0.1, 0.15) is 34.4 Å². The summed E-state index contributed by atoms with van der Waals surface area (Å²) in [5.74, 6) is -1.07. The third-order valence-electron chi connectivity index (χ3n) is 6.44. The standard InChI is InChI=1S/C28H26N4O3S/c1-18-19(2)23(15-29)27(30-20(18)3)36-17-26(34)31(16-21-10-6-4-7-11-21)24-14-25(33)32(28(24)35)22-12-8-5-9-13-22/h4-13,24H,14,16-17H2,1-3H3. The predicted molar refractivity (Wildman–Crippen MR) is 138 cm³/mol. The van der Waals surface area contributed by atoms with Gasteiger partial charge in [-0.15, -0.1) is 0 Å². The molecule has 0 N–H and O–H groups in total. The van der Waals surface area contributed by atoms with E-state index in [-0.39, 0.29) is 30.5 Å². The van der Waals surface area contributed by atoms with Gasteiger partial charge in [-0.05, 0) is 49.6 Å². The number of imide groups is 1. The van der Waals surface area contributed by atoms with E-state index >= 15 is 0 Å². The van der Waals surface area contributed by atoms with Gasteiger partial charge in [-0.3, -0.25) is 14.4 Å². The normalized spacial score (nSPS) is 15.2. The zero-order valence-corrected chi connectivity index (χ0v) is 21.2. The van der Waals surface area contributed by atoms with Gasteiger partial charge >= 0.3 is 0 Å². The Bertz CT molecular complexity index is 1350. The molecular weight excluding hydrogens is 472 g/mol. The van der Waals surface area contributed by atoms with Crippen molar-refractivity contribution in [2.75, 3.05) is 10.7 Å². The molecule has 1 aromatic heterocycles. The first-order chi connectivity index (χ1) is 17.3. The molecule has 1 aliphatic heterocycles. The van der Waals surface area contributed by atoms with Gasteiger partial charge in [0.1, 0.15) is 17.1 Å². The summed E-state index contributed by atoms with van der Waals surface area (Å²) < 4.78 is 0. The van der Waals surface area contributed by atoms with Crippen LogP contribution < -0.4 is 4.90 Å². The van der Waals surface area contributed by atoms with Crippen LogP contribution in [0, 0.1) is 32.1 Å². The summed E-state index contributed by atoms with van der Waals surface area (Å²) in [6.07, 6.45) is -0.0819. The van der Waals surface area contributed by atoms with Crippen molar-refractivity contribution >= 4 is 35.2 Å². The number of carbonyl (C=O) groups excluding carboxylic acids is 3. The molecule has 0 radical (unpaired) electrons. The molecule has 8 heteroatoms. The lowest BCUT2D eigenvalue weighted by atomic mass is 10.1. The van der Waals surface area contributed by atoms with Crippen LogP contribution in [-0.4, -0.2) is 39.4 Å². The Balaban J connectivity index is 1.61. The number of carbonyl (C=O) groups is 3. The third kappa shape index (κ3) is 5.02. The predicted octanol–water partition coefficient (Wildman–Crippen LogP) is 4.33. The molecule has 0 aliphatic carbocycles. The number of aryl methyl sites for hydroxylation is 1. The van der Waals surface area contributed by atoms with E-state index in [0.29, 0.717) is 16.3 Å². The molecule has 2 heterocycles. The van der Waals surface area contributed by atoms with Gasteiger partial charge in [-0.25, -0.2) is 9.88 Å². The monoisotopic (exact) mass is 498 g/mol. The van der Waals surface area contributed by atoms with Gasteiger partial charge in [0.2, 0.25) is 11.8 Å². The van der Waals surface area contributed by atoms with Crippen molar-refractivity contribution in [1.29, 1.82) is 5.26 Å². The largest absolute Gasteiger partial charge is 0.325 e. The Labute approximate surface area is 214 Å². The van der Waals surface area contributed by atoms with E-state index in [1.54, 1.807) is 24.3 Å². The quantitative estimate of drug-likeness (QED) is 0.355. The van der Waals surface area contributed by atoms with Crippen LogP contribution in [0.2, 0.25) is 0 Å². The van der Waals surface area contributed by atoms with Crippen molar-refractivity contribution in [2.24, 2.45) is 0 Å².